The van der Waals surface area contributed by atoms with Gasteiger partial charge in [0, 0.05) is 17.7 Å². The van der Waals surface area contributed by atoms with Crippen molar-refractivity contribution in [3.05, 3.63) is 123 Å². The fraction of sp³-hybridized carbons (Fsp3) is 0.147. The van der Waals surface area contributed by atoms with Gasteiger partial charge in [0.25, 0.3) is 11.6 Å². The Morgan fingerprint density at radius 2 is 1.69 bits per heavy atom. The lowest BCUT2D eigenvalue weighted by Crippen LogP contribution is -2.48. The van der Waals surface area contributed by atoms with E-state index in [1.165, 1.54) is 25.3 Å². The Bertz CT molecular complexity index is 2300. The van der Waals surface area contributed by atoms with Crippen molar-refractivity contribution in [2.75, 3.05) is 17.3 Å². The van der Waals surface area contributed by atoms with Crippen LogP contribution in [0.25, 0.3) is 5.69 Å². The smallest absolute Gasteiger partial charge is 0.339 e. The number of amidine groups is 1. The lowest BCUT2D eigenvalue weighted by molar-refractivity contribution is -0.384. The summed E-state index contributed by atoms with van der Waals surface area (Å²) in [5.74, 6) is 0.171. The van der Waals surface area contributed by atoms with Crippen molar-refractivity contribution < 1.29 is 27.1 Å². The van der Waals surface area contributed by atoms with Crippen LogP contribution in [0, 0.1) is 30.9 Å². The minimum atomic E-state index is -4.21. The van der Waals surface area contributed by atoms with E-state index in [9.17, 15) is 23.3 Å². The molecule has 0 aliphatic carbocycles. The van der Waals surface area contributed by atoms with E-state index in [0.29, 0.717) is 45.3 Å². The number of nitro benzene ring substituents is 1. The van der Waals surface area contributed by atoms with Crippen molar-refractivity contribution in [1.82, 2.24) is 9.78 Å². The van der Waals surface area contributed by atoms with Gasteiger partial charge in [-0.1, -0.05) is 30.3 Å². The summed E-state index contributed by atoms with van der Waals surface area (Å²) in [6.45, 7) is 5.31. The molecule has 3 heterocycles. The molecule has 0 spiro atoms. The lowest BCUT2D eigenvalue weighted by Gasteiger charge is -2.40. The lowest BCUT2D eigenvalue weighted by atomic mass is 9.93. The molecule has 4 aromatic carbocycles. The number of nitrogens with zero attached hydrogens (tertiary/aromatic N) is 5. The second-order valence-electron chi connectivity index (χ2n) is 11.4. The van der Waals surface area contributed by atoms with Gasteiger partial charge in [-0.3, -0.25) is 14.9 Å². The van der Waals surface area contributed by atoms with Crippen LogP contribution in [0.4, 0.5) is 22.9 Å². The van der Waals surface area contributed by atoms with E-state index < -0.39 is 27.0 Å². The van der Waals surface area contributed by atoms with Gasteiger partial charge in [0.1, 0.15) is 4.90 Å². The molecule has 2 aliphatic rings. The summed E-state index contributed by atoms with van der Waals surface area (Å²) in [5, 5.41) is 18.9. The Balaban J connectivity index is 1.39. The van der Waals surface area contributed by atoms with Crippen molar-refractivity contribution in [3.8, 4) is 17.2 Å². The molecule has 1 unspecified atom stereocenters. The molecule has 1 atom stereocenters. The van der Waals surface area contributed by atoms with Crippen LogP contribution in [0.1, 0.15) is 34.0 Å². The van der Waals surface area contributed by atoms with Gasteiger partial charge in [0.05, 0.1) is 40.8 Å². The minimum Gasteiger partial charge on any atom is -0.493 e. The van der Waals surface area contributed by atoms with Crippen LogP contribution < -0.4 is 19.1 Å². The number of non-ortho nitro benzene ring substituents is 1. The molecule has 13 nitrogen and oxygen atoms in total. The molecule has 1 aromatic heterocycles. The molecule has 48 heavy (non-hydrogen) atoms. The third-order valence-corrected chi connectivity index (χ3v) is 9.67. The van der Waals surface area contributed by atoms with Crippen molar-refractivity contribution in [3.63, 3.8) is 0 Å². The molecule has 0 bridgehead atoms. The second-order valence-corrected chi connectivity index (χ2v) is 12.9. The van der Waals surface area contributed by atoms with Crippen LogP contribution in [0.15, 0.2) is 94.8 Å². The molecule has 0 fully saturated rings. The van der Waals surface area contributed by atoms with Crippen molar-refractivity contribution in [2.24, 2.45) is 4.99 Å². The molecular weight excluding hydrogens is 636 g/mol. The SMILES string of the molecule is COc1cc(C2c3c(C)nn(-c4ccc([N+](=O)[O-])cc4)c3N=C3C(=O)Nc4ccccc4N32)ccc1OS(=O)(=O)c1cc(C)ccc1C. The van der Waals surface area contributed by atoms with E-state index in [4.69, 9.17) is 19.0 Å². The fourth-order valence-corrected chi connectivity index (χ4v) is 7.27. The van der Waals surface area contributed by atoms with Gasteiger partial charge >= 0.3 is 10.1 Å². The molecule has 1 N–H and O–H groups in total. The van der Waals surface area contributed by atoms with Crippen LogP contribution >= 0.6 is 0 Å². The molecule has 7 rings (SSSR count). The minimum absolute atomic E-state index is 0.0119. The quantitative estimate of drug-likeness (QED) is 0.124. The number of hydrogen-bond acceptors (Lipinski definition) is 10. The first-order valence-corrected chi connectivity index (χ1v) is 16.2. The van der Waals surface area contributed by atoms with Crippen LogP contribution in [0.2, 0.25) is 0 Å². The summed E-state index contributed by atoms with van der Waals surface area (Å²) >= 11 is 0. The fourth-order valence-electron chi connectivity index (χ4n) is 6.02. The maximum atomic E-state index is 13.6. The zero-order valence-electron chi connectivity index (χ0n) is 26.2. The van der Waals surface area contributed by atoms with Crippen LogP contribution in [-0.4, -0.2) is 42.0 Å². The number of aliphatic imine (C=N–C) groups is 1. The summed E-state index contributed by atoms with van der Waals surface area (Å²) < 4.78 is 39.6. The predicted octanol–water partition coefficient (Wildman–Crippen LogP) is 6.07. The van der Waals surface area contributed by atoms with Crippen LogP contribution in [0.3, 0.4) is 0 Å². The Morgan fingerprint density at radius 1 is 0.938 bits per heavy atom. The summed E-state index contributed by atoms with van der Waals surface area (Å²) in [6, 6.07) is 22.5. The molecule has 5 aromatic rings. The zero-order chi connectivity index (χ0) is 33.9. The topological polar surface area (TPSA) is 158 Å². The van der Waals surface area contributed by atoms with E-state index in [1.807, 2.05) is 36.1 Å². The van der Waals surface area contributed by atoms with Crippen LogP contribution in [-0.2, 0) is 14.9 Å². The van der Waals surface area contributed by atoms with E-state index >= 15 is 0 Å². The summed E-state index contributed by atoms with van der Waals surface area (Å²) in [6.07, 6.45) is 0. The van der Waals surface area contributed by atoms with Gasteiger partial charge in [0.2, 0.25) is 5.84 Å². The number of aryl methyl sites for hydroxylation is 3. The number of carbonyl (C=O) groups is 1. The summed E-state index contributed by atoms with van der Waals surface area (Å²) in [7, 11) is -2.80. The molecule has 242 valence electrons. The number of hydrogen-bond donors (Lipinski definition) is 1. The molecule has 14 heteroatoms. The third-order valence-electron chi connectivity index (χ3n) is 8.29. The first-order valence-electron chi connectivity index (χ1n) is 14.8. The highest BCUT2D eigenvalue weighted by Crippen LogP contribution is 2.48. The number of ether oxygens (including phenoxy) is 1. The third kappa shape index (κ3) is 5.02. The van der Waals surface area contributed by atoms with Crippen LogP contribution in [0.5, 0.6) is 11.5 Å². The summed E-state index contributed by atoms with van der Waals surface area (Å²) in [5.41, 5.74) is 4.91. The number of nitro groups is 1. The molecule has 0 saturated carbocycles. The van der Waals surface area contributed by atoms with E-state index in [0.717, 1.165) is 5.56 Å². The number of nitrogens with one attached hydrogen (secondary N) is 1. The van der Waals surface area contributed by atoms with Gasteiger partial charge in [-0.15, -0.1) is 0 Å². The average molecular weight is 665 g/mol. The second kappa shape index (κ2) is 11.3. The number of benzene rings is 4. The summed E-state index contributed by atoms with van der Waals surface area (Å²) in [4.78, 5) is 31.0. The number of anilines is 2. The monoisotopic (exact) mass is 664 g/mol. The van der Waals surface area contributed by atoms with E-state index in [2.05, 4.69) is 5.32 Å². The Kier molecular flexibility index (Phi) is 7.24. The highest BCUT2D eigenvalue weighted by molar-refractivity contribution is 7.87. The van der Waals surface area contributed by atoms with Gasteiger partial charge in [-0.25, -0.2) is 9.67 Å². The molecule has 1 amide bonds. The van der Waals surface area contributed by atoms with Gasteiger partial charge in [-0.2, -0.15) is 13.5 Å². The maximum absolute atomic E-state index is 13.6. The normalized spacial score (nSPS) is 15.1. The number of fused-ring (bicyclic) bond motifs is 4. The maximum Gasteiger partial charge on any atom is 0.339 e. The van der Waals surface area contributed by atoms with Gasteiger partial charge in [-0.05, 0) is 79.9 Å². The number of carbonyl (C=O) groups excluding carboxylic acids is 1. The number of aromatic nitrogens is 2. The van der Waals surface area contributed by atoms with E-state index in [1.54, 1.807) is 61.0 Å². The molecule has 0 saturated heterocycles. The number of para-hydroxylation sites is 2. The first kappa shape index (κ1) is 30.6. The predicted molar refractivity (Wildman–Crippen MR) is 178 cm³/mol. The van der Waals surface area contributed by atoms with Crippen molar-refractivity contribution >= 4 is 44.7 Å². The van der Waals surface area contributed by atoms with Crippen molar-refractivity contribution in [1.29, 1.82) is 0 Å². The molecular formula is C34H28N6O7S. The number of methoxy groups -OCH3 is 1. The Labute approximate surface area is 275 Å². The van der Waals surface area contributed by atoms with Gasteiger partial charge in [0.15, 0.2) is 17.3 Å². The average Bonchev–Trinajstić information content (AvgIpc) is 3.40. The molecule has 0 radical (unpaired) electrons. The highest BCUT2D eigenvalue weighted by atomic mass is 32.2. The van der Waals surface area contributed by atoms with Gasteiger partial charge < -0.3 is 19.1 Å². The molecule has 2 aliphatic heterocycles. The first-order chi connectivity index (χ1) is 23.0. The van der Waals surface area contributed by atoms with Crippen molar-refractivity contribution in [2.45, 2.75) is 31.7 Å². The highest BCUT2D eigenvalue weighted by Gasteiger charge is 2.43. The zero-order valence-corrected chi connectivity index (χ0v) is 27.0. The Morgan fingerprint density at radius 3 is 2.42 bits per heavy atom. The number of rotatable bonds is 7. The van der Waals surface area contributed by atoms with E-state index in [-0.39, 0.29) is 27.9 Å². The number of amides is 1. The Hall–Kier alpha value is -6.02. The standard InChI is InChI=1S/C34H28N6O7S/c1-19-9-10-20(2)29(17-19)48(44,45)47-27-16-11-22(18-28(27)46-4)31-30-21(3)37-39(23-12-14-24(15-13-23)40(42)43)32(30)36-33-34(41)35-25-7-5-6-8-26(25)38(31)33/h5-18,31H,1-4H3,(H,35,41). The largest absolute Gasteiger partial charge is 0.493 e.